The molecule has 9 heteroatoms. The fraction of sp³-hybridized carbons (Fsp3) is 0.222. The van der Waals surface area contributed by atoms with E-state index in [-0.39, 0.29) is 19.6 Å². The van der Waals surface area contributed by atoms with Crippen LogP contribution in [0.15, 0.2) is 91.0 Å². The Morgan fingerprint density at radius 1 is 0.639 bits per heavy atom. The number of nitrogens with one attached hydrogen (secondary N) is 3. The standard InChI is InChI=1S/C27H29N3O6/c31-17-24(30-27(34)36-19-22-14-8-3-9-15-22)29-25(32)23(16-20-10-4-1-5-11-20)28-26(33)35-18-21-12-6-2-7-13-21/h1-15,23-24,31H,16-19H2,(H,28,33)(H,29,32)(H,30,34)/t23-,24-/m0/s1. The van der Waals surface area contributed by atoms with E-state index in [9.17, 15) is 19.5 Å². The van der Waals surface area contributed by atoms with Gasteiger partial charge in [0.15, 0.2) is 0 Å². The van der Waals surface area contributed by atoms with E-state index in [4.69, 9.17) is 9.47 Å². The van der Waals surface area contributed by atoms with Crippen molar-refractivity contribution in [2.75, 3.05) is 6.61 Å². The molecule has 9 nitrogen and oxygen atoms in total. The van der Waals surface area contributed by atoms with Crippen molar-refractivity contribution >= 4 is 18.1 Å². The Morgan fingerprint density at radius 2 is 1.08 bits per heavy atom. The van der Waals surface area contributed by atoms with Crippen molar-refractivity contribution in [2.24, 2.45) is 0 Å². The van der Waals surface area contributed by atoms with Crippen molar-refractivity contribution in [3.8, 4) is 0 Å². The number of alkyl carbamates (subject to hydrolysis) is 2. The Bertz CT molecular complexity index is 1100. The Kier molecular flexibility index (Phi) is 10.3. The number of ether oxygens (including phenoxy) is 2. The Labute approximate surface area is 209 Å². The van der Waals surface area contributed by atoms with Crippen molar-refractivity contribution in [3.05, 3.63) is 108 Å². The van der Waals surface area contributed by atoms with Crippen molar-refractivity contribution < 1.29 is 29.0 Å². The van der Waals surface area contributed by atoms with Crippen LogP contribution >= 0.6 is 0 Å². The molecule has 4 N–H and O–H groups in total. The fourth-order valence-corrected chi connectivity index (χ4v) is 3.27. The van der Waals surface area contributed by atoms with Crippen LogP contribution in [0.3, 0.4) is 0 Å². The van der Waals surface area contributed by atoms with Crippen LogP contribution in [0.1, 0.15) is 16.7 Å². The summed E-state index contributed by atoms with van der Waals surface area (Å²) in [6.07, 6.45) is -2.54. The highest BCUT2D eigenvalue weighted by Gasteiger charge is 2.25. The molecular formula is C27H29N3O6. The van der Waals surface area contributed by atoms with E-state index in [2.05, 4.69) is 16.0 Å². The van der Waals surface area contributed by atoms with Crippen LogP contribution in [0.25, 0.3) is 0 Å². The summed E-state index contributed by atoms with van der Waals surface area (Å²) in [5.41, 5.74) is 2.39. The van der Waals surface area contributed by atoms with Crippen LogP contribution in [0, 0.1) is 0 Å². The third-order valence-corrected chi connectivity index (χ3v) is 5.11. The molecule has 36 heavy (non-hydrogen) atoms. The van der Waals surface area contributed by atoms with Crippen LogP contribution in [0.2, 0.25) is 0 Å². The maximum atomic E-state index is 13.0. The number of aliphatic hydroxyl groups is 1. The molecule has 0 unspecified atom stereocenters. The summed E-state index contributed by atoms with van der Waals surface area (Å²) in [6.45, 7) is -0.507. The predicted molar refractivity (Wildman–Crippen MR) is 132 cm³/mol. The van der Waals surface area contributed by atoms with Gasteiger partial charge in [0.2, 0.25) is 5.91 Å². The average molecular weight is 492 g/mol. The molecule has 0 saturated heterocycles. The lowest BCUT2D eigenvalue weighted by Gasteiger charge is -2.23. The fourth-order valence-electron chi connectivity index (χ4n) is 3.27. The van der Waals surface area contributed by atoms with Crippen LogP contribution in [-0.4, -0.2) is 42.0 Å². The highest BCUT2D eigenvalue weighted by Crippen LogP contribution is 2.06. The zero-order valence-corrected chi connectivity index (χ0v) is 19.6. The number of benzene rings is 3. The molecule has 0 aliphatic carbocycles. The van der Waals surface area contributed by atoms with E-state index in [1.165, 1.54) is 0 Å². The minimum absolute atomic E-state index is 0.0320. The molecule has 3 amide bonds. The van der Waals surface area contributed by atoms with Gasteiger partial charge in [-0.2, -0.15) is 0 Å². The lowest BCUT2D eigenvalue weighted by Crippen LogP contribution is -2.56. The smallest absolute Gasteiger partial charge is 0.409 e. The van der Waals surface area contributed by atoms with Gasteiger partial charge in [-0.05, 0) is 16.7 Å². The van der Waals surface area contributed by atoms with Crippen LogP contribution in [0.4, 0.5) is 9.59 Å². The molecule has 2 atom stereocenters. The normalized spacial score (nSPS) is 12.0. The van der Waals surface area contributed by atoms with E-state index in [0.29, 0.717) is 0 Å². The molecule has 0 radical (unpaired) electrons. The Hall–Kier alpha value is -4.37. The van der Waals surface area contributed by atoms with Crippen molar-refractivity contribution in [3.63, 3.8) is 0 Å². The van der Waals surface area contributed by atoms with Crippen molar-refractivity contribution in [1.29, 1.82) is 0 Å². The molecule has 0 aromatic heterocycles. The van der Waals surface area contributed by atoms with E-state index < -0.39 is 36.9 Å². The minimum Gasteiger partial charge on any atom is -0.445 e. The zero-order chi connectivity index (χ0) is 25.6. The van der Waals surface area contributed by atoms with Gasteiger partial charge < -0.3 is 25.2 Å². The first kappa shape index (κ1) is 26.2. The zero-order valence-electron chi connectivity index (χ0n) is 19.6. The summed E-state index contributed by atoms with van der Waals surface area (Å²) in [5.74, 6) is -0.613. The average Bonchev–Trinajstić information content (AvgIpc) is 2.91. The van der Waals surface area contributed by atoms with Crippen LogP contribution < -0.4 is 16.0 Å². The molecule has 3 rings (SSSR count). The summed E-state index contributed by atoms with van der Waals surface area (Å²) in [6, 6.07) is 26.3. The quantitative estimate of drug-likeness (QED) is 0.306. The van der Waals surface area contributed by atoms with Gasteiger partial charge >= 0.3 is 12.2 Å². The molecule has 0 heterocycles. The highest BCUT2D eigenvalue weighted by molar-refractivity contribution is 5.86. The predicted octanol–water partition coefficient (Wildman–Crippen LogP) is 2.89. The Balaban J connectivity index is 1.57. The summed E-state index contributed by atoms with van der Waals surface area (Å²) < 4.78 is 10.4. The first-order valence-corrected chi connectivity index (χ1v) is 11.4. The van der Waals surface area contributed by atoms with Gasteiger partial charge in [-0.25, -0.2) is 9.59 Å². The second-order valence-electron chi connectivity index (χ2n) is 7.90. The van der Waals surface area contributed by atoms with Gasteiger partial charge in [0.05, 0.1) is 6.61 Å². The van der Waals surface area contributed by atoms with Gasteiger partial charge in [-0.1, -0.05) is 91.0 Å². The van der Waals surface area contributed by atoms with E-state index in [1.807, 2.05) is 78.9 Å². The topological polar surface area (TPSA) is 126 Å². The number of carbonyl (C=O) groups is 3. The maximum Gasteiger partial charge on any atom is 0.409 e. The van der Waals surface area contributed by atoms with E-state index >= 15 is 0 Å². The minimum atomic E-state index is -1.12. The molecule has 0 fully saturated rings. The third kappa shape index (κ3) is 9.11. The second-order valence-corrected chi connectivity index (χ2v) is 7.90. The molecular weight excluding hydrogens is 462 g/mol. The molecule has 0 bridgehead atoms. The summed E-state index contributed by atoms with van der Waals surface area (Å²) in [5, 5.41) is 17.2. The first-order valence-electron chi connectivity index (χ1n) is 11.4. The summed E-state index contributed by atoms with van der Waals surface area (Å²) in [4.78, 5) is 37.6. The maximum absolute atomic E-state index is 13.0. The summed E-state index contributed by atoms with van der Waals surface area (Å²) in [7, 11) is 0. The number of aliphatic hydroxyl groups excluding tert-OH is 1. The molecule has 3 aromatic rings. The number of rotatable bonds is 11. The molecule has 0 spiro atoms. The van der Waals surface area contributed by atoms with Crippen LogP contribution in [0.5, 0.6) is 0 Å². The lowest BCUT2D eigenvalue weighted by atomic mass is 10.1. The molecule has 188 valence electrons. The molecule has 0 saturated carbocycles. The molecule has 0 aliphatic heterocycles. The van der Waals surface area contributed by atoms with Gasteiger partial charge in [0.25, 0.3) is 0 Å². The second kappa shape index (κ2) is 14.1. The number of carbonyl (C=O) groups excluding carboxylic acids is 3. The van der Waals surface area contributed by atoms with Crippen LogP contribution in [-0.2, 0) is 33.9 Å². The van der Waals surface area contributed by atoms with Gasteiger partial charge in [-0.3, -0.25) is 10.1 Å². The number of hydrogen-bond donors (Lipinski definition) is 4. The Morgan fingerprint density at radius 3 is 1.56 bits per heavy atom. The SMILES string of the molecule is O=C(N[C@@H](CO)NC(=O)[C@H](Cc1ccccc1)NC(=O)OCc1ccccc1)OCc1ccccc1. The summed E-state index contributed by atoms with van der Waals surface area (Å²) >= 11 is 0. The third-order valence-electron chi connectivity index (χ3n) is 5.11. The van der Waals surface area contributed by atoms with Gasteiger partial charge in [0.1, 0.15) is 25.4 Å². The molecule has 0 aliphatic rings. The van der Waals surface area contributed by atoms with Gasteiger partial charge in [0, 0.05) is 6.42 Å². The van der Waals surface area contributed by atoms with E-state index in [1.54, 1.807) is 12.1 Å². The first-order chi connectivity index (χ1) is 17.5. The van der Waals surface area contributed by atoms with Crippen molar-refractivity contribution in [1.82, 2.24) is 16.0 Å². The van der Waals surface area contributed by atoms with E-state index in [0.717, 1.165) is 16.7 Å². The number of amides is 3. The highest BCUT2D eigenvalue weighted by atomic mass is 16.6. The monoisotopic (exact) mass is 491 g/mol. The number of hydrogen-bond acceptors (Lipinski definition) is 6. The molecule has 3 aromatic carbocycles. The van der Waals surface area contributed by atoms with Crippen molar-refractivity contribution in [2.45, 2.75) is 31.8 Å². The lowest BCUT2D eigenvalue weighted by molar-refractivity contribution is -0.124. The van der Waals surface area contributed by atoms with Gasteiger partial charge in [-0.15, -0.1) is 0 Å². The largest absolute Gasteiger partial charge is 0.445 e.